The molecule has 41 heavy (non-hydrogen) atoms. The van der Waals surface area contributed by atoms with Crippen LogP contribution in [-0.2, 0) is 26.8 Å². The van der Waals surface area contributed by atoms with Gasteiger partial charge in [-0.25, -0.2) is 12.8 Å². The normalized spacial score (nSPS) is 18.0. The quantitative estimate of drug-likeness (QED) is 0.462. The fraction of sp³-hybridized carbons (Fsp3) is 0.387. The summed E-state index contributed by atoms with van der Waals surface area (Å²) in [6, 6.07) is 13.3. The monoisotopic (exact) mass is 578 g/mol. The molecule has 1 atom stereocenters. The lowest BCUT2D eigenvalue weighted by atomic mass is 9.66. The Hall–Kier alpha value is -3.79. The SMILES string of the molecule is CC(=O)N1CCC2(CC1)c1cc(C(=O)NCc3ncccc3C)ccc1N(S(=O)(=O)c1ccc(F)cc1)C2C(C)C. The molecule has 10 heteroatoms. The maximum atomic E-state index is 14.2. The molecule has 3 aromatic rings. The number of fused-ring (bicyclic) bond motifs is 2. The minimum atomic E-state index is -4.08. The smallest absolute Gasteiger partial charge is 0.264 e. The van der Waals surface area contributed by atoms with Gasteiger partial charge in [-0.05, 0) is 85.3 Å². The lowest BCUT2D eigenvalue weighted by Crippen LogP contribution is -2.55. The minimum absolute atomic E-state index is 0.00118. The van der Waals surface area contributed by atoms with Crippen LogP contribution >= 0.6 is 0 Å². The van der Waals surface area contributed by atoms with Gasteiger partial charge in [0.1, 0.15) is 5.82 Å². The Kier molecular flexibility index (Phi) is 7.63. The lowest BCUT2D eigenvalue weighted by Gasteiger charge is -2.46. The first-order valence-corrected chi connectivity index (χ1v) is 15.3. The predicted molar refractivity (Wildman–Crippen MR) is 154 cm³/mol. The van der Waals surface area contributed by atoms with Crippen LogP contribution in [0.15, 0.2) is 65.7 Å². The molecule has 3 heterocycles. The van der Waals surface area contributed by atoms with Gasteiger partial charge in [-0.1, -0.05) is 19.9 Å². The number of carbonyl (C=O) groups excluding carboxylic acids is 2. The van der Waals surface area contributed by atoms with Gasteiger partial charge in [0.15, 0.2) is 0 Å². The van der Waals surface area contributed by atoms with Crippen LogP contribution in [0.1, 0.15) is 60.8 Å². The average molecular weight is 579 g/mol. The number of hydrogen-bond acceptors (Lipinski definition) is 5. The van der Waals surface area contributed by atoms with E-state index in [2.05, 4.69) is 10.3 Å². The Bertz CT molecular complexity index is 1580. The number of nitrogens with zero attached hydrogens (tertiary/aromatic N) is 3. The van der Waals surface area contributed by atoms with Gasteiger partial charge < -0.3 is 10.2 Å². The molecule has 1 saturated heterocycles. The molecule has 0 aliphatic carbocycles. The zero-order chi connectivity index (χ0) is 29.5. The van der Waals surface area contributed by atoms with Crippen molar-refractivity contribution in [2.75, 3.05) is 17.4 Å². The van der Waals surface area contributed by atoms with Crippen LogP contribution in [0.3, 0.4) is 0 Å². The molecule has 1 N–H and O–H groups in total. The van der Waals surface area contributed by atoms with Crippen LogP contribution in [0.2, 0.25) is 0 Å². The number of amides is 2. The molecule has 5 rings (SSSR count). The van der Waals surface area contributed by atoms with E-state index in [9.17, 15) is 22.4 Å². The highest BCUT2D eigenvalue weighted by Crippen LogP contribution is 2.55. The Morgan fingerprint density at radius 1 is 1.10 bits per heavy atom. The number of aromatic nitrogens is 1. The van der Waals surface area contributed by atoms with Crippen molar-refractivity contribution in [1.82, 2.24) is 15.2 Å². The van der Waals surface area contributed by atoms with Crippen LogP contribution in [-0.4, -0.2) is 49.2 Å². The van der Waals surface area contributed by atoms with Crippen molar-refractivity contribution >= 4 is 27.5 Å². The number of rotatable bonds is 6. The molecule has 1 unspecified atom stereocenters. The molecule has 1 spiro atoms. The van der Waals surface area contributed by atoms with E-state index in [-0.39, 0.29) is 29.2 Å². The van der Waals surface area contributed by atoms with E-state index in [0.29, 0.717) is 37.2 Å². The minimum Gasteiger partial charge on any atom is -0.346 e. The molecule has 216 valence electrons. The maximum absolute atomic E-state index is 14.2. The first-order chi connectivity index (χ1) is 19.5. The van der Waals surface area contributed by atoms with Gasteiger partial charge in [-0.2, -0.15) is 0 Å². The molecule has 1 aromatic heterocycles. The second kappa shape index (κ2) is 10.9. The van der Waals surface area contributed by atoms with Crippen LogP contribution in [0.25, 0.3) is 0 Å². The van der Waals surface area contributed by atoms with Gasteiger partial charge in [0.25, 0.3) is 15.9 Å². The van der Waals surface area contributed by atoms with Crippen molar-refractivity contribution in [2.45, 2.75) is 63.4 Å². The van der Waals surface area contributed by atoms with Crippen molar-refractivity contribution in [1.29, 1.82) is 0 Å². The number of pyridine rings is 1. The van der Waals surface area contributed by atoms with Crippen molar-refractivity contribution in [3.05, 3.63) is 89.0 Å². The van der Waals surface area contributed by atoms with E-state index in [4.69, 9.17) is 0 Å². The molecular weight excluding hydrogens is 543 g/mol. The largest absolute Gasteiger partial charge is 0.346 e. The second-order valence-corrected chi connectivity index (χ2v) is 13.1. The topological polar surface area (TPSA) is 99.7 Å². The van der Waals surface area contributed by atoms with E-state index in [1.54, 1.807) is 23.2 Å². The summed E-state index contributed by atoms with van der Waals surface area (Å²) < 4.78 is 43.6. The molecule has 0 saturated carbocycles. The molecular formula is C31H35FN4O4S. The third-order valence-electron chi connectivity index (χ3n) is 8.49. The number of halogens is 1. The number of hydrogen-bond donors (Lipinski definition) is 1. The summed E-state index contributed by atoms with van der Waals surface area (Å²) in [4.78, 5) is 31.6. The number of aryl methyl sites for hydroxylation is 1. The van der Waals surface area contributed by atoms with Crippen LogP contribution < -0.4 is 9.62 Å². The Labute approximate surface area is 240 Å². The molecule has 1 fully saturated rings. The van der Waals surface area contributed by atoms with E-state index < -0.39 is 27.3 Å². The second-order valence-electron chi connectivity index (χ2n) is 11.3. The highest BCUT2D eigenvalue weighted by molar-refractivity contribution is 7.92. The van der Waals surface area contributed by atoms with Gasteiger partial charge in [0, 0.05) is 37.2 Å². The van der Waals surface area contributed by atoms with E-state index >= 15 is 0 Å². The van der Waals surface area contributed by atoms with E-state index in [0.717, 1.165) is 29.0 Å². The average Bonchev–Trinajstić information content (AvgIpc) is 3.23. The first-order valence-electron chi connectivity index (χ1n) is 13.8. The maximum Gasteiger partial charge on any atom is 0.264 e. The number of carbonyl (C=O) groups is 2. The summed E-state index contributed by atoms with van der Waals surface area (Å²) in [6.45, 7) is 8.69. The predicted octanol–water partition coefficient (Wildman–Crippen LogP) is 4.57. The van der Waals surface area contributed by atoms with Crippen molar-refractivity contribution in [2.24, 2.45) is 5.92 Å². The van der Waals surface area contributed by atoms with Crippen LogP contribution in [0.5, 0.6) is 0 Å². The summed E-state index contributed by atoms with van der Waals surface area (Å²) in [6.07, 6.45) is 2.79. The number of anilines is 1. The van der Waals surface area contributed by atoms with E-state index in [1.807, 2.05) is 39.0 Å². The van der Waals surface area contributed by atoms with Crippen molar-refractivity contribution < 1.29 is 22.4 Å². The van der Waals surface area contributed by atoms with Crippen molar-refractivity contribution in [3.8, 4) is 0 Å². The molecule has 0 bridgehead atoms. The molecule has 2 amide bonds. The summed E-state index contributed by atoms with van der Waals surface area (Å²) in [5.41, 5.74) is 2.85. The number of sulfonamides is 1. The number of nitrogens with one attached hydrogen (secondary N) is 1. The molecule has 2 aromatic carbocycles. The third-order valence-corrected chi connectivity index (χ3v) is 10.3. The zero-order valence-electron chi connectivity index (χ0n) is 23.7. The van der Waals surface area contributed by atoms with E-state index in [1.165, 1.54) is 23.4 Å². The van der Waals surface area contributed by atoms with Crippen molar-refractivity contribution in [3.63, 3.8) is 0 Å². The Morgan fingerprint density at radius 3 is 2.39 bits per heavy atom. The zero-order valence-corrected chi connectivity index (χ0v) is 24.5. The Balaban J connectivity index is 1.59. The van der Waals surface area contributed by atoms with Gasteiger partial charge in [0.05, 0.1) is 28.9 Å². The van der Waals surface area contributed by atoms with Gasteiger partial charge in [0.2, 0.25) is 5.91 Å². The van der Waals surface area contributed by atoms with Crippen LogP contribution in [0.4, 0.5) is 10.1 Å². The van der Waals surface area contributed by atoms with Gasteiger partial charge in [-0.3, -0.25) is 18.9 Å². The summed E-state index contributed by atoms with van der Waals surface area (Å²) in [7, 11) is -4.08. The highest BCUT2D eigenvalue weighted by atomic mass is 32.2. The molecule has 2 aliphatic heterocycles. The molecule has 0 radical (unpaired) electrons. The fourth-order valence-corrected chi connectivity index (χ4v) is 8.33. The van der Waals surface area contributed by atoms with Gasteiger partial charge >= 0.3 is 0 Å². The number of piperidine rings is 1. The summed E-state index contributed by atoms with van der Waals surface area (Å²) >= 11 is 0. The highest BCUT2D eigenvalue weighted by Gasteiger charge is 2.56. The summed E-state index contributed by atoms with van der Waals surface area (Å²) in [5, 5.41) is 2.95. The standard InChI is InChI=1S/C31H35FN4O4S/c1-20(2)29-31(13-16-35(17-14-31)22(4)37)26-18-23(30(38)34-19-27-21(3)6-5-15-33-27)7-12-28(26)36(29)41(39,40)25-10-8-24(32)9-11-25/h5-12,15,18,20,29H,13-14,16-17,19H2,1-4H3,(H,34,38). The van der Waals surface area contributed by atoms with Crippen LogP contribution in [0, 0.1) is 18.7 Å². The van der Waals surface area contributed by atoms with Gasteiger partial charge in [-0.15, -0.1) is 0 Å². The third kappa shape index (κ3) is 5.09. The molecule has 2 aliphatic rings. The Morgan fingerprint density at radius 2 is 1.78 bits per heavy atom. The first kappa shape index (κ1) is 28.7. The lowest BCUT2D eigenvalue weighted by molar-refractivity contribution is -0.130. The number of benzene rings is 2. The fourth-order valence-electron chi connectivity index (χ4n) is 6.47. The molecule has 8 nitrogen and oxygen atoms in total. The summed E-state index contributed by atoms with van der Waals surface area (Å²) in [5.74, 6) is -0.912. The number of likely N-dealkylation sites (tertiary alicyclic amines) is 1.